The molecular formula is C17H15FO3. The predicted molar refractivity (Wildman–Crippen MR) is 78.6 cm³/mol. The van der Waals surface area contributed by atoms with Gasteiger partial charge in [0.15, 0.2) is 0 Å². The third kappa shape index (κ3) is 3.92. The molecule has 0 aliphatic heterocycles. The van der Waals surface area contributed by atoms with Crippen LogP contribution in [0, 0.1) is 12.7 Å². The zero-order chi connectivity index (χ0) is 15.2. The zero-order valence-corrected chi connectivity index (χ0v) is 11.5. The molecule has 0 unspecified atom stereocenters. The number of aliphatic carboxylic acids is 1. The second-order valence-electron chi connectivity index (χ2n) is 4.54. The number of aryl methyl sites for hydroxylation is 1. The summed E-state index contributed by atoms with van der Waals surface area (Å²) in [7, 11) is 0. The number of ether oxygens (including phenoxy) is 1. The molecule has 2 aromatic carbocycles. The maximum absolute atomic E-state index is 13.6. The molecule has 108 valence electrons. The summed E-state index contributed by atoms with van der Waals surface area (Å²) in [5, 5.41) is 8.70. The first-order valence-corrected chi connectivity index (χ1v) is 6.45. The number of carbonyl (C=O) groups is 1. The number of carboxylic acids is 1. The van der Waals surface area contributed by atoms with Crippen LogP contribution in [0.3, 0.4) is 0 Å². The Morgan fingerprint density at radius 2 is 2.00 bits per heavy atom. The van der Waals surface area contributed by atoms with Crippen LogP contribution in [0.25, 0.3) is 6.08 Å². The summed E-state index contributed by atoms with van der Waals surface area (Å²) in [5.74, 6) is -0.802. The summed E-state index contributed by atoms with van der Waals surface area (Å²) in [6.45, 7) is 1.94. The van der Waals surface area contributed by atoms with Crippen molar-refractivity contribution >= 4 is 12.0 Å². The number of para-hydroxylation sites is 1. The van der Waals surface area contributed by atoms with Crippen molar-refractivity contribution in [3.05, 3.63) is 71.0 Å². The summed E-state index contributed by atoms with van der Waals surface area (Å²) < 4.78 is 19.3. The van der Waals surface area contributed by atoms with Gasteiger partial charge in [-0.1, -0.05) is 36.4 Å². The van der Waals surface area contributed by atoms with E-state index in [0.29, 0.717) is 16.9 Å². The first-order chi connectivity index (χ1) is 10.1. The van der Waals surface area contributed by atoms with E-state index in [1.807, 2.05) is 19.1 Å². The fourth-order valence-corrected chi connectivity index (χ4v) is 1.93. The highest BCUT2D eigenvalue weighted by Gasteiger charge is 2.07. The minimum atomic E-state index is -1.03. The Kier molecular flexibility index (Phi) is 4.72. The van der Waals surface area contributed by atoms with Gasteiger partial charge in [0.25, 0.3) is 0 Å². The van der Waals surface area contributed by atoms with E-state index in [1.54, 1.807) is 24.3 Å². The summed E-state index contributed by atoms with van der Waals surface area (Å²) in [6.07, 6.45) is 2.51. The molecule has 0 aromatic heterocycles. The van der Waals surface area contributed by atoms with Crippen molar-refractivity contribution in [1.82, 2.24) is 0 Å². The molecule has 0 spiro atoms. The quantitative estimate of drug-likeness (QED) is 0.850. The van der Waals surface area contributed by atoms with Crippen molar-refractivity contribution in [1.29, 1.82) is 0 Å². The van der Waals surface area contributed by atoms with E-state index >= 15 is 0 Å². The summed E-state index contributed by atoms with van der Waals surface area (Å²) in [6, 6.07) is 11.8. The average Bonchev–Trinajstić information content (AvgIpc) is 2.45. The molecule has 0 aliphatic carbocycles. The molecule has 0 amide bonds. The first-order valence-electron chi connectivity index (χ1n) is 6.45. The van der Waals surface area contributed by atoms with E-state index in [0.717, 1.165) is 11.6 Å². The molecule has 2 aromatic rings. The van der Waals surface area contributed by atoms with Gasteiger partial charge in [0.05, 0.1) is 0 Å². The lowest BCUT2D eigenvalue weighted by Crippen LogP contribution is -2.01. The summed E-state index contributed by atoms with van der Waals surface area (Å²) in [5.41, 5.74) is 1.96. The lowest BCUT2D eigenvalue weighted by molar-refractivity contribution is -0.131. The minimum Gasteiger partial charge on any atom is -0.488 e. The highest BCUT2D eigenvalue weighted by molar-refractivity contribution is 5.86. The van der Waals surface area contributed by atoms with Crippen molar-refractivity contribution in [3.8, 4) is 5.75 Å². The first kappa shape index (κ1) is 14.8. The van der Waals surface area contributed by atoms with Crippen molar-refractivity contribution in [2.75, 3.05) is 0 Å². The molecule has 0 heterocycles. The Balaban J connectivity index is 2.23. The second-order valence-corrected chi connectivity index (χ2v) is 4.54. The van der Waals surface area contributed by atoms with Crippen molar-refractivity contribution in [2.24, 2.45) is 0 Å². The second kappa shape index (κ2) is 6.70. The Morgan fingerprint density at radius 3 is 2.71 bits per heavy atom. The van der Waals surface area contributed by atoms with Crippen LogP contribution in [-0.2, 0) is 11.4 Å². The average molecular weight is 286 g/mol. The van der Waals surface area contributed by atoms with Crippen LogP contribution in [0.2, 0.25) is 0 Å². The number of benzene rings is 2. The molecule has 1 N–H and O–H groups in total. The molecule has 0 radical (unpaired) electrons. The van der Waals surface area contributed by atoms with Gasteiger partial charge in [-0.25, -0.2) is 9.18 Å². The Hall–Kier alpha value is -2.62. The van der Waals surface area contributed by atoms with Gasteiger partial charge >= 0.3 is 5.97 Å². The number of carboxylic acid groups (broad SMARTS) is 1. The molecule has 2 rings (SSSR count). The smallest absolute Gasteiger partial charge is 0.328 e. The third-order valence-electron chi connectivity index (χ3n) is 2.98. The molecule has 0 fully saturated rings. The molecule has 0 bridgehead atoms. The summed E-state index contributed by atoms with van der Waals surface area (Å²) in [4.78, 5) is 10.6. The minimum absolute atomic E-state index is 0.0887. The van der Waals surface area contributed by atoms with Crippen molar-refractivity contribution in [2.45, 2.75) is 13.5 Å². The van der Waals surface area contributed by atoms with Crippen LogP contribution in [-0.4, -0.2) is 11.1 Å². The molecule has 21 heavy (non-hydrogen) atoms. The van der Waals surface area contributed by atoms with Crippen molar-refractivity contribution in [3.63, 3.8) is 0 Å². The molecule has 0 saturated heterocycles. The largest absolute Gasteiger partial charge is 0.488 e. The van der Waals surface area contributed by atoms with Gasteiger partial charge in [-0.3, -0.25) is 0 Å². The van der Waals surface area contributed by atoms with Crippen molar-refractivity contribution < 1.29 is 19.0 Å². The monoisotopic (exact) mass is 286 g/mol. The fourth-order valence-electron chi connectivity index (χ4n) is 1.93. The maximum Gasteiger partial charge on any atom is 0.328 e. The van der Waals surface area contributed by atoms with Gasteiger partial charge in [-0.05, 0) is 24.6 Å². The van der Waals surface area contributed by atoms with Gasteiger partial charge in [-0.15, -0.1) is 0 Å². The van der Waals surface area contributed by atoms with Crippen LogP contribution >= 0.6 is 0 Å². The number of rotatable bonds is 5. The van der Waals surface area contributed by atoms with Gasteiger partial charge in [0.2, 0.25) is 0 Å². The molecule has 0 aliphatic rings. The van der Waals surface area contributed by atoms with Crippen LogP contribution in [0.5, 0.6) is 5.75 Å². The lowest BCUT2D eigenvalue weighted by Gasteiger charge is -2.12. The molecule has 4 heteroatoms. The topological polar surface area (TPSA) is 46.5 Å². The van der Waals surface area contributed by atoms with Gasteiger partial charge < -0.3 is 9.84 Å². The van der Waals surface area contributed by atoms with Gasteiger partial charge in [0, 0.05) is 17.2 Å². The predicted octanol–water partition coefficient (Wildman–Crippen LogP) is 3.81. The molecule has 3 nitrogen and oxygen atoms in total. The standard InChI is InChI=1S/C17H15FO3/c1-12-5-4-7-13(9-10-16(19)20)17(12)21-11-14-6-2-3-8-15(14)18/h2-10H,11H2,1H3,(H,19,20)/b10-9+. The van der Waals surface area contributed by atoms with Crippen LogP contribution in [0.4, 0.5) is 4.39 Å². The van der Waals surface area contributed by atoms with Crippen LogP contribution < -0.4 is 4.74 Å². The highest BCUT2D eigenvalue weighted by atomic mass is 19.1. The van der Waals surface area contributed by atoms with E-state index in [-0.39, 0.29) is 12.4 Å². The van der Waals surface area contributed by atoms with E-state index < -0.39 is 5.97 Å². The van der Waals surface area contributed by atoms with Crippen LogP contribution in [0.1, 0.15) is 16.7 Å². The highest BCUT2D eigenvalue weighted by Crippen LogP contribution is 2.26. The maximum atomic E-state index is 13.6. The fraction of sp³-hybridized carbons (Fsp3) is 0.118. The van der Waals surface area contributed by atoms with Gasteiger partial charge in [0.1, 0.15) is 18.2 Å². The van der Waals surface area contributed by atoms with Crippen LogP contribution in [0.15, 0.2) is 48.5 Å². The van der Waals surface area contributed by atoms with E-state index in [4.69, 9.17) is 9.84 Å². The zero-order valence-electron chi connectivity index (χ0n) is 11.5. The number of hydrogen-bond acceptors (Lipinski definition) is 2. The molecule has 0 saturated carbocycles. The van der Waals surface area contributed by atoms with Gasteiger partial charge in [-0.2, -0.15) is 0 Å². The molecular weight excluding hydrogens is 271 g/mol. The normalized spacial score (nSPS) is 10.8. The Bertz CT molecular complexity index is 677. The van der Waals surface area contributed by atoms with E-state index in [2.05, 4.69) is 0 Å². The van der Waals surface area contributed by atoms with E-state index in [9.17, 15) is 9.18 Å². The molecule has 0 atom stereocenters. The Labute approximate surface area is 122 Å². The SMILES string of the molecule is Cc1cccc(/C=C/C(=O)O)c1OCc1ccccc1F. The van der Waals surface area contributed by atoms with E-state index in [1.165, 1.54) is 12.1 Å². The third-order valence-corrected chi connectivity index (χ3v) is 2.98. The summed E-state index contributed by atoms with van der Waals surface area (Å²) >= 11 is 0. The number of hydrogen-bond donors (Lipinski definition) is 1. The number of halogens is 1. The Morgan fingerprint density at radius 1 is 1.24 bits per heavy atom. The lowest BCUT2D eigenvalue weighted by atomic mass is 10.1.